The second kappa shape index (κ2) is 5.51. The molecule has 1 aromatic rings. The Kier molecular flexibility index (Phi) is 3.79. The number of hydrogen-bond acceptors (Lipinski definition) is 3. The van der Waals surface area contributed by atoms with Gasteiger partial charge in [0.15, 0.2) is 0 Å². The zero-order valence-electron chi connectivity index (χ0n) is 10.4. The van der Waals surface area contributed by atoms with E-state index in [9.17, 15) is 14.4 Å². The number of nitrogens with zero attached hydrogens (tertiary/aromatic N) is 1. The Hall–Kier alpha value is -2.37. The minimum Gasteiger partial charge on any atom is -0.366 e. The summed E-state index contributed by atoms with van der Waals surface area (Å²) in [5.74, 6) is -0.713. The number of rotatable bonds is 2. The molecule has 1 aliphatic heterocycles. The fourth-order valence-electron chi connectivity index (χ4n) is 1.93. The molecule has 0 spiro atoms. The molecule has 6 nitrogen and oxygen atoms in total. The Morgan fingerprint density at radius 2 is 1.74 bits per heavy atom. The van der Waals surface area contributed by atoms with Crippen molar-refractivity contribution in [2.75, 3.05) is 19.6 Å². The molecule has 1 heterocycles. The molecule has 19 heavy (non-hydrogen) atoms. The minimum atomic E-state index is -0.524. The van der Waals surface area contributed by atoms with E-state index in [0.29, 0.717) is 37.2 Å². The number of carbonyl (C=O) groups excluding carboxylic acids is 3. The van der Waals surface area contributed by atoms with Crippen molar-refractivity contribution in [1.82, 2.24) is 10.2 Å². The van der Waals surface area contributed by atoms with Gasteiger partial charge in [0, 0.05) is 37.2 Å². The number of hydrogen-bond donors (Lipinski definition) is 2. The molecule has 1 fully saturated rings. The summed E-state index contributed by atoms with van der Waals surface area (Å²) in [5.41, 5.74) is 5.99. The summed E-state index contributed by atoms with van der Waals surface area (Å²) in [7, 11) is 0. The van der Waals surface area contributed by atoms with E-state index in [1.54, 1.807) is 17.0 Å². The zero-order chi connectivity index (χ0) is 13.8. The van der Waals surface area contributed by atoms with Gasteiger partial charge in [-0.05, 0) is 24.3 Å². The van der Waals surface area contributed by atoms with Crippen LogP contribution >= 0.6 is 0 Å². The van der Waals surface area contributed by atoms with E-state index in [1.165, 1.54) is 12.1 Å². The average molecular weight is 261 g/mol. The van der Waals surface area contributed by atoms with E-state index in [2.05, 4.69) is 5.32 Å². The Balaban J connectivity index is 2.10. The molecular weight excluding hydrogens is 246 g/mol. The standard InChI is InChI=1S/C13H15N3O3/c14-12(18)9-1-3-10(4-2-9)13(19)16-7-5-11(17)15-6-8-16/h1-4H,5-8H2,(H2,14,18)(H,15,17). The number of carbonyl (C=O) groups is 3. The van der Waals surface area contributed by atoms with Crippen LogP contribution in [0.1, 0.15) is 27.1 Å². The molecule has 1 saturated heterocycles. The van der Waals surface area contributed by atoms with Crippen molar-refractivity contribution in [3.63, 3.8) is 0 Å². The summed E-state index contributed by atoms with van der Waals surface area (Å²) in [6.45, 7) is 1.36. The van der Waals surface area contributed by atoms with E-state index >= 15 is 0 Å². The van der Waals surface area contributed by atoms with Crippen LogP contribution in [0, 0.1) is 0 Å². The second-order valence-electron chi connectivity index (χ2n) is 4.33. The second-order valence-corrected chi connectivity index (χ2v) is 4.33. The van der Waals surface area contributed by atoms with Crippen LogP contribution in [0.2, 0.25) is 0 Å². The molecule has 6 heteroatoms. The van der Waals surface area contributed by atoms with Crippen LogP contribution in [0.3, 0.4) is 0 Å². The van der Waals surface area contributed by atoms with E-state index in [-0.39, 0.29) is 11.8 Å². The maximum Gasteiger partial charge on any atom is 0.253 e. The number of nitrogens with two attached hydrogens (primary N) is 1. The van der Waals surface area contributed by atoms with Gasteiger partial charge in [-0.2, -0.15) is 0 Å². The fourth-order valence-corrected chi connectivity index (χ4v) is 1.93. The summed E-state index contributed by atoms with van der Waals surface area (Å²) >= 11 is 0. The van der Waals surface area contributed by atoms with E-state index in [1.807, 2.05) is 0 Å². The highest BCUT2D eigenvalue weighted by Crippen LogP contribution is 2.09. The minimum absolute atomic E-state index is 0.0422. The van der Waals surface area contributed by atoms with Gasteiger partial charge in [-0.25, -0.2) is 0 Å². The first-order chi connectivity index (χ1) is 9.08. The molecule has 0 aliphatic carbocycles. The zero-order valence-corrected chi connectivity index (χ0v) is 10.4. The topological polar surface area (TPSA) is 92.5 Å². The van der Waals surface area contributed by atoms with Crippen LogP contribution < -0.4 is 11.1 Å². The Morgan fingerprint density at radius 1 is 1.11 bits per heavy atom. The van der Waals surface area contributed by atoms with Crippen LogP contribution in [0.5, 0.6) is 0 Å². The predicted octanol–water partition coefficient (Wildman–Crippen LogP) is -0.252. The largest absolute Gasteiger partial charge is 0.366 e. The molecule has 0 bridgehead atoms. The van der Waals surface area contributed by atoms with Gasteiger partial charge in [0.2, 0.25) is 11.8 Å². The third kappa shape index (κ3) is 3.09. The van der Waals surface area contributed by atoms with Crippen LogP contribution in [0.15, 0.2) is 24.3 Å². The van der Waals surface area contributed by atoms with Gasteiger partial charge in [-0.1, -0.05) is 0 Å². The number of benzene rings is 1. The summed E-state index contributed by atoms with van der Waals surface area (Å²) in [6, 6.07) is 6.19. The first-order valence-corrected chi connectivity index (χ1v) is 6.04. The van der Waals surface area contributed by atoms with Crippen molar-refractivity contribution in [1.29, 1.82) is 0 Å². The lowest BCUT2D eigenvalue weighted by Crippen LogP contribution is -2.34. The van der Waals surface area contributed by atoms with Gasteiger partial charge in [0.1, 0.15) is 0 Å². The molecule has 0 aromatic heterocycles. The molecule has 1 aromatic carbocycles. The highest BCUT2D eigenvalue weighted by atomic mass is 16.2. The number of primary amides is 1. The van der Waals surface area contributed by atoms with Gasteiger partial charge in [0.05, 0.1) is 0 Å². The molecule has 1 aliphatic rings. The maximum atomic E-state index is 12.2. The summed E-state index contributed by atoms with van der Waals surface area (Å²) < 4.78 is 0. The lowest BCUT2D eigenvalue weighted by molar-refractivity contribution is -0.120. The third-order valence-corrected chi connectivity index (χ3v) is 3.02. The lowest BCUT2D eigenvalue weighted by atomic mass is 10.1. The molecule has 2 rings (SSSR count). The summed E-state index contributed by atoms with van der Waals surface area (Å²) in [4.78, 5) is 36.0. The summed E-state index contributed by atoms with van der Waals surface area (Å²) in [6.07, 6.45) is 0.311. The van der Waals surface area contributed by atoms with Crippen molar-refractivity contribution >= 4 is 17.7 Å². The Labute approximate surface area is 110 Å². The normalized spacial score (nSPS) is 15.6. The number of amides is 3. The molecule has 0 saturated carbocycles. The van der Waals surface area contributed by atoms with Crippen LogP contribution in [0.4, 0.5) is 0 Å². The van der Waals surface area contributed by atoms with Crippen molar-refractivity contribution in [3.05, 3.63) is 35.4 Å². The van der Waals surface area contributed by atoms with Gasteiger partial charge in [0.25, 0.3) is 5.91 Å². The van der Waals surface area contributed by atoms with Gasteiger partial charge in [-0.15, -0.1) is 0 Å². The smallest absolute Gasteiger partial charge is 0.253 e. The summed E-state index contributed by atoms with van der Waals surface area (Å²) in [5, 5.41) is 2.71. The molecule has 0 radical (unpaired) electrons. The molecule has 3 N–H and O–H groups in total. The van der Waals surface area contributed by atoms with Crippen molar-refractivity contribution in [2.45, 2.75) is 6.42 Å². The van der Waals surface area contributed by atoms with Crippen LogP contribution in [0.25, 0.3) is 0 Å². The molecule has 0 unspecified atom stereocenters. The molecule has 0 atom stereocenters. The Bertz CT molecular complexity index is 510. The molecule has 100 valence electrons. The van der Waals surface area contributed by atoms with Crippen molar-refractivity contribution in [2.24, 2.45) is 5.73 Å². The van der Waals surface area contributed by atoms with E-state index in [0.717, 1.165) is 0 Å². The molecular formula is C13H15N3O3. The highest BCUT2D eigenvalue weighted by Gasteiger charge is 2.19. The van der Waals surface area contributed by atoms with Crippen molar-refractivity contribution in [3.8, 4) is 0 Å². The van der Waals surface area contributed by atoms with Gasteiger partial charge < -0.3 is 16.0 Å². The predicted molar refractivity (Wildman–Crippen MR) is 68.5 cm³/mol. The first-order valence-electron chi connectivity index (χ1n) is 6.04. The quantitative estimate of drug-likeness (QED) is 0.768. The average Bonchev–Trinajstić information content (AvgIpc) is 2.63. The number of nitrogens with one attached hydrogen (secondary N) is 1. The maximum absolute atomic E-state index is 12.2. The molecule has 3 amide bonds. The SMILES string of the molecule is NC(=O)c1ccc(C(=O)N2CCNC(=O)CC2)cc1. The van der Waals surface area contributed by atoms with Crippen molar-refractivity contribution < 1.29 is 14.4 Å². The van der Waals surface area contributed by atoms with Gasteiger partial charge >= 0.3 is 0 Å². The lowest BCUT2D eigenvalue weighted by Gasteiger charge is -2.19. The first kappa shape index (κ1) is 13.1. The van der Waals surface area contributed by atoms with Gasteiger partial charge in [-0.3, -0.25) is 14.4 Å². The van der Waals surface area contributed by atoms with E-state index in [4.69, 9.17) is 5.73 Å². The van der Waals surface area contributed by atoms with Crippen LogP contribution in [-0.2, 0) is 4.79 Å². The van der Waals surface area contributed by atoms with E-state index < -0.39 is 5.91 Å². The fraction of sp³-hybridized carbons (Fsp3) is 0.308. The van der Waals surface area contributed by atoms with Crippen LogP contribution in [-0.4, -0.2) is 42.3 Å². The monoisotopic (exact) mass is 261 g/mol. The Morgan fingerprint density at radius 3 is 2.37 bits per heavy atom. The highest BCUT2D eigenvalue weighted by molar-refractivity contribution is 5.97. The third-order valence-electron chi connectivity index (χ3n) is 3.02.